The van der Waals surface area contributed by atoms with Crippen LogP contribution in [0.5, 0.6) is 0 Å². The van der Waals surface area contributed by atoms with Gasteiger partial charge in [0.25, 0.3) is 0 Å². The third-order valence-electron chi connectivity index (χ3n) is 5.19. The predicted octanol–water partition coefficient (Wildman–Crippen LogP) is 2.98. The van der Waals surface area contributed by atoms with Crippen molar-refractivity contribution in [3.8, 4) is 0 Å². The molecule has 3 aromatic rings. The number of likely N-dealkylation sites (tertiary alicyclic amines) is 1. The van der Waals surface area contributed by atoms with Crippen molar-refractivity contribution in [1.82, 2.24) is 9.47 Å². The number of carbonyl (C=O) groups is 1. The molecular weight excluding hydrogens is 342 g/mol. The zero-order valence-electron chi connectivity index (χ0n) is 15.4. The number of fused-ring (bicyclic) bond motifs is 1. The van der Waals surface area contributed by atoms with E-state index in [9.17, 15) is 9.59 Å². The van der Waals surface area contributed by atoms with Gasteiger partial charge in [-0.3, -0.25) is 14.3 Å². The molecule has 2 aromatic carbocycles. The van der Waals surface area contributed by atoms with Crippen LogP contribution in [0.15, 0.2) is 57.7 Å². The van der Waals surface area contributed by atoms with Gasteiger partial charge in [0, 0.05) is 31.9 Å². The summed E-state index contributed by atoms with van der Waals surface area (Å²) in [5.41, 5.74) is 3.12. The topological polar surface area (TPSA) is 67.5 Å². The summed E-state index contributed by atoms with van der Waals surface area (Å²) in [5.74, 6) is -0.427. The molecule has 1 saturated heterocycles. The first kappa shape index (κ1) is 17.5. The van der Waals surface area contributed by atoms with Crippen LogP contribution in [0.2, 0.25) is 0 Å². The number of aryl methyl sites for hydroxylation is 1. The molecule has 1 unspecified atom stereocenters. The van der Waals surface area contributed by atoms with E-state index >= 15 is 0 Å². The molecule has 0 saturated carbocycles. The molecule has 6 heteroatoms. The Morgan fingerprint density at radius 1 is 1.22 bits per heavy atom. The number of hydrogen-bond acceptors (Lipinski definition) is 4. The zero-order valence-corrected chi connectivity index (χ0v) is 15.4. The number of hydrogen-bond donors (Lipinski definition) is 1. The van der Waals surface area contributed by atoms with Crippen LogP contribution in [-0.4, -0.2) is 28.5 Å². The molecule has 1 atom stereocenters. The van der Waals surface area contributed by atoms with E-state index in [4.69, 9.17) is 4.42 Å². The summed E-state index contributed by atoms with van der Waals surface area (Å²) in [6.45, 7) is 2.63. The van der Waals surface area contributed by atoms with E-state index in [0.29, 0.717) is 16.8 Å². The largest absolute Gasteiger partial charge is 0.419 e. The maximum absolute atomic E-state index is 12.7. The number of anilines is 1. The minimum atomic E-state index is -0.405. The van der Waals surface area contributed by atoms with Gasteiger partial charge in [0.05, 0.1) is 11.4 Å². The fourth-order valence-electron chi connectivity index (χ4n) is 3.71. The fraction of sp³-hybridized carbons (Fsp3) is 0.333. The number of piperidine rings is 1. The first-order valence-corrected chi connectivity index (χ1v) is 9.27. The normalized spacial score (nSPS) is 17.9. The Morgan fingerprint density at radius 3 is 2.85 bits per heavy atom. The highest BCUT2D eigenvalue weighted by atomic mass is 16.4. The lowest BCUT2D eigenvalue weighted by Crippen LogP contribution is -2.40. The van der Waals surface area contributed by atoms with E-state index in [1.165, 1.54) is 10.1 Å². The van der Waals surface area contributed by atoms with Crippen molar-refractivity contribution < 1.29 is 9.21 Å². The van der Waals surface area contributed by atoms with Gasteiger partial charge in [0.15, 0.2) is 5.58 Å². The Bertz CT molecular complexity index is 1010. The molecule has 1 N–H and O–H groups in total. The molecule has 1 aliphatic heterocycles. The van der Waals surface area contributed by atoms with Crippen molar-refractivity contribution >= 4 is 22.7 Å². The Morgan fingerprint density at radius 2 is 2.04 bits per heavy atom. The Labute approximate surface area is 157 Å². The van der Waals surface area contributed by atoms with Crippen LogP contribution in [0, 0.1) is 5.92 Å². The van der Waals surface area contributed by atoms with Gasteiger partial charge in [-0.15, -0.1) is 0 Å². The minimum Gasteiger partial charge on any atom is -0.408 e. The van der Waals surface area contributed by atoms with E-state index in [2.05, 4.69) is 22.3 Å². The quantitative estimate of drug-likeness (QED) is 0.772. The van der Waals surface area contributed by atoms with Crippen LogP contribution >= 0.6 is 0 Å². The van der Waals surface area contributed by atoms with Crippen molar-refractivity contribution in [2.75, 3.05) is 18.4 Å². The molecule has 1 aromatic heterocycles. The minimum absolute atomic E-state index is 0.0189. The van der Waals surface area contributed by atoms with Crippen LogP contribution in [0.1, 0.15) is 18.4 Å². The molecule has 140 valence electrons. The van der Waals surface area contributed by atoms with E-state index in [0.717, 1.165) is 32.5 Å². The lowest BCUT2D eigenvalue weighted by atomic mass is 9.96. The number of carbonyl (C=O) groups excluding carboxylic acids is 1. The molecule has 0 bridgehead atoms. The van der Waals surface area contributed by atoms with Crippen LogP contribution in [-0.2, 0) is 18.4 Å². The molecule has 2 heterocycles. The molecule has 6 nitrogen and oxygen atoms in total. The monoisotopic (exact) mass is 365 g/mol. The Kier molecular flexibility index (Phi) is 4.81. The number of aromatic nitrogens is 1. The molecule has 0 spiro atoms. The van der Waals surface area contributed by atoms with E-state index in [1.54, 1.807) is 25.2 Å². The van der Waals surface area contributed by atoms with Gasteiger partial charge in [0.1, 0.15) is 0 Å². The number of benzene rings is 2. The van der Waals surface area contributed by atoms with E-state index in [1.807, 2.05) is 18.2 Å². The Hall–Kier alpha value is -2.86. The molecular formula is C21H23N3O3. The highest BCUT2D eigenvalue weighted by Crippen LogP contribution is 2.22. The van der Waals surface area contributed by atoms with Crippen LogP contribution in [0.4, 0.5) is 5.69 Å². The summed E-state index contributed by atoms with van der Waals surface area (Å²) in [4.78, 5) is 26.7. The smallest absolute Gasteiger partial charge is 0.408 e. The van der Waals surface area contributed by atoms with Crippen molar-refractivity contribution in [2.45, 2.75) is 19.4 Å². The summed E-state index contributed by atoms with van der Waals surface area (Å²) in [6.07, 6.45) is 1.90. The number of amides is 1. The standard InChI is InChI=1S/C21H23N3O3/c1-23-18-10-9-17(12-19(18)27-21(23)26)22-20(25)16-8-5-11-24(14-16)13-15-6-3-2-4-7-15/h2-4,6-7,9-10,12,16H,5,8,11,13-14H2,1H3,(H,22,25). The maximum atomic E-state index is 12.7. The van der Waals surface area contributed by atoms with Gasteiger partial charge in [-0.2, -0.15) is 0 Å². The number of rotatable bonds is 4. The molecule has 1 amide bonds. The van der Waals surface area contributed by atoms with Crippen LogP contribution < -0.4 is 11.1 Å². The summed E-state index contributed by atoms with van der Waals surface area (Å²) in [7, 11) is 1.66. The lowest BCUT2D eigenvalue weighted by molar-refractivity contribution is -0.121. The number of nitrogens with one attached hydrogen (secondary N) is 1. The predicted molar refractivity (Wildman–Crippen MR) is 105 cm³/mol. The second kappa shape index (κ2) is 7.40. The molecule has 4 rings (SSSR count). The molecule has 0 aliphatic carbocycles. The van der Waals surface area contributed by atoms with Crippen molar-refractivity contribution in [3.05, 3.63) is 64.6 Å². The average molecular weight is 365 g/mol. The van der Waals surface area contributed by atoms with Gasteiger partial charge in [-0.1, -0.05) is 30.3 Å². The zero-order chi connectivity index (χ0) is 18.8. The van der Waals surface area contributed by atoms with Gasteiger partial charge in [-0.25, -0.2) is 4.79 Å². The second-order valence-corrected chi connectivity index (χ2v) is 7.16. The lowest BCUT2D eigenvalue weighted by Gasteiger charge is -2.32. The van der Waals surface area contributed by atoms with Gasteiger partial charge in [0.2, 0.25) is 5.91 Å². The summed E-state index contributed by atoms with van der Waals surface area (Å²) >= 11 is 0. The first-order valence-electron chi connectivity index (χ1n) is 9.27. The molecule has 1 aliphatic rings. The molecule has 27 heavy (non-hydrogen) atoms. The Balaban J connectivity index is 1.42. The second-order valence-electron chi connectivity index (χ2n) is 7.16. The van der Waals surface area contributed by atoms with E-state index in [-0.39, 0.29) is 11.8 Å². The summed E-state index contributed by atoms with van der Waals surface area (Å²) in [6, 6.07) is 15.6. The summed E-state index contributed by atoms with van der Waals surface area (Å²) in [5, 5.41) is 2.98. The SMILES string of the molecule is Cn1c(=O)oc2cc(NC(=O)C3CCCN(Cc4ccccc4)C3)ccc21. The van der Waals surface area contributed by atoms with Crippen molar-refractivity contribution in [2.24, 2.45) is 13.0 Å². The molecule has 0 radical (unpaired) electrons. The van der Waals surface area contributed by atoms with Crippen LogP contribution in [0.3, 0.4) is 0 Å². The summed E-state index contributed by atoms with van der Waals surface area (Å²) < 4.78 is 6.65. The number of oxazole rings is 1. The first-order chi connectivity index (χ1) is 13.1. The third-order valence-corrected chi connectivity index (χ3v) is 5.19. The van der Waals surface area contributed by atoms with Gasteiger partial charge < -0.3 is 9.73 Å². The van der Waals surface area contributed by atoms with Crippen LogP contribution in [0.25, 0.3) is 11.1 Å². The molecule has 1 fully saturated rings. The maximum Gasteiger partial charge on any atom is 0.419 e. The van der Waals surface area contributed by atoms with E-state index < -0.39 is 5.76 Å². The fourth-order valence-corrected chi connectivity index (χ4v) is 3.71. The van der Waals surface area contributed by atoms with Crippen molar-refractivity contribution in [1.29, 1.82) is 0 Å². The average Bonchev–Trinajstić information content (AvgIpc) is 2.96. The third kappa shape index (κ3) is 3.80. The van der Waals surface area contributed by atoms with Gasteiger partial charge >= 0.3 is 5.76 Å². The highest BCUT2D eigenvalue weighted by Gasteiger charge is 2.26. The number of nitrogens with zero attached hydrogens (tertiary/aromatic N) is 2. The van der Waals surface area contributed by atoms with Gasteiger partial charge in [-0.05, 0) is 37.1 Å². The highest BCUT2D eigenvalue weighted by molar-refractivity contribution is 5.94. The van der Waals surface area contributed by atoms with Crippen molar-refractivity contribution in [3.63, 3.8) is 0 Å².